The second-order valence-corrected chi connectivity index (χ2v) is 4.60. The molecule has 1 unspecified atom stereocenters. The van der Waals surface area contributed by atoms with Crippen LogP contribution in [0.4, 0.5) is 4.79 Å². The van der Waals surface area contributed by atoms with Crippen molar-refractivity contribution in [3.05, 3.63) is 48.0 Å². The Labute approximate surface area is 133 Å². The van der Waals surface area contributed by atoms with E-state index >= 15 is 0 Å². The van der Waals surface area contributed by atoms with E-state index in [0.717, 1.165) is 5.56 Å². The average Bonchev–Trinajstić information content (AvgIpc) is 2.56. The zero-order chi connectivity index (χ0) is 17.1. The van der Waals surface area contributed by atoms with E-state index in [-0.39, 0.29) is 13.0 Å². The largest absolute Gasteiger partial charge is 0.480 e. The second kappa shape index (κ2) is 9.99. The molecule has 0 fully saturated rings. The highest BCUT2D eigenvalue weighted by molar-refractivity contribution is 5.82. The third kappa shape index (κ3) is 7.66. The van der Waals surface area contributed by atoms with E-state index in [4.69, 9.17) is 9.84 Å². The van der Waals surface area contributed by atoms with Crippen LogP contribution in [-0.2, 0) is 25.7 Å². The highest BCUT2D eigenvalue weighted by Gasteiger charge is 2.19. The number of alkyl carbamates (subject to hydrolysis) is 1. The summed E-state index contributed by atoms with van der Waals surface area (Å²) in [5.41, 5.74) is 0.801. The molecular formula is C16H19NO6. The SMILES string of the molecule is COC(=O)/C=C/CCC(NC(=O)OCc1ccccc1)C(=O)O. The molecule has 1 aromatic rings. The maximum Gasteiger partial charge on any atom is 0.408 e. The summed E-state index contributed by atoms with van der Waals surface area (Å²) in [6, 6.07) is 7.94. The van der Waals surface area contributed by atoms with Crippen molar-refractivity contribution in [1.82, 2.24) is 5.32 Å². The third-order valence-corrected chi connectivity index (χ3v) is 2.88. The van der Waals surface area contributed by atoms with Crippen molar-refractivity contribution in [2.45, 2.75) is 25.5 Å². The van der Waals surface area contributed by atoms with Crippen molar-refractivity contribution >= 4 is 18.0 Å². The minimum atomic E-state index is -1.17. The van der Waals surface area contributed by atoms with E-state index in [1.807, 2.05) is 18.2 Å². The lowest BCUT2D eigenvalue weighted by atomic mass is 10.1. The number of carbonyl (C=O) groups excluding carboxylic acids is 2. The van der Waals surface area contributed by atoms with Crippen LogP contribution >= 0.6 is 0 Å². The molecule has 0 aliphatic carbocycles. The van der Waals surface area contributed by atoms with E-state index in [9.17, 15) is 14.4 Å². The van der Waals surface area contributed by atoms with Crippen LogP contribution in [0, 0.1) is 0 Å². The number of methoxy groups -OCH3 is 1. The molecule has 1 aromatic carbocycles. The van der Waals surface area contributed by atoms with Crippen LogP contribution in [0.2, 0.25) is 0 Å². The van der Waals surface area contributed by atoms with Crippen LogP contribution in [0.5, 0.6) is 0 Å². The van der Waals surface area contributed by atoms with Crippen LogP contribution in [0.25, 0.3) is 0 Å². The van der Waals surface area contributed by atoms with Gasteiger partial charge in [-0.25, -0.2) is 14.4 Å². The Morgan fingerprint density at radius 2 is 1.96 bits per heavy atom. The van der Waals surface area contributed by atoms with E-state index in [0.29, 0.717) is 6.42 Å². The van der Waals surface area contributed by atoms with Crippen LogP contribution < -0.4 is 5.32 Å². The lowest BCUT2D eigenvalue weighted by Crippen LogP contribution is -2.40. The Bertz CT molecular complexity index is 555. The normalized spacial score (nSPS) is 11.7. The molecule has 0 saturated heterocycles. The summed E-state index contributed by atoms with van der Waals surface area (Å²) in [5, 5.41) is 11.4. The van der Waals surface area contributed by atoms with Gasteiger partial charge in [-0.3, -0.25) is 0 Å². The van der Waals surface area contributed by atoms with Crippen LogP contribution in [-0.4, -0.2) is 36.3 Å². The topological polar surface area (TPSA) is 102 Å². The Balaban J connectivity index is 2.39. The van der Waals surface area contributed by atoms with Gasteiger partial charge < -0.3 is 19.9 Å². The number of allylic oxidation sites excluding steroid dienone is 1. The van der Waals surface area contributed by atoms with Gasteiger partial charge in [0.1, 0.15) is 12.6 Å². The number of hydrogen-bond acceptors (Lipinski definition) is 5. The molecule has 124 valence electrons. The van der Waals surface area contributed by atoms with Gasteiger partial charge in [-0.15, -0.1) is 0 Å². The Hall–Kier alpha value is -2.83. The lowest BCUT2D eigenvalue weighted by molar-refractivity contribution is -0.139. The molecule has 1 amide bonds. The number of amides is 1. The smallest absolute Gasteiger partial charge is 0.408 e. The van der Waals surface area contributed by atoms with E-state index in [1.54, 1.807) is 12.1 Å². The minimum absolute atomic E-state index is 0.0568. The zero-order valence-electron chi connectivity index (χ0n) is 12.7. The van der Waals surface area contributed by atoms with E-state index < -0.39 is 24.1 Å². The highest BCUT2D eigenvalue weighted by Crippen LogP contribution is 2.03. The van der Waals surface area contributed by atoms with Gasteiger partial charge >= 0.3 is 18.0 Å². The average molecular weight is 321 g/mol. The van der Waals surface area contributed by atoms with Gasteiger partial charge in [0.05, 0.1) is 7.11 Å². The highest BCUT2D eigenvalue weighted by atomic mass is 16.5. The molecule has 0 aliphatic heterocycles. The predicted molar refractivity (Wildman–Crippen MR) is 81.6 cm³/mol. The molecule has 0 spiro atoms. The number of aliphatic carboxylic acids is 1. The fourth-order valence-corrected chi connectivity index (χ4v) is 1.67. The van der Waals surface area contributed by atoms with Gasteiger partial charge in [0.2, 0.25) is 0 Å². The molecule has 2 N–H and O–H groups in total. The zero-order valence-corrected chi connectivity index (χ0v) is 12.7. The summed E-state index contributed by atoms with van der Waals surface area (Å²) in [6.07, 6.45) is 2.30. The Morgan fingerprint density at radius 1 is 1.26 bits per heavy atom. The Morgan fingerprint density at radius 3 is 2.57 bits per heavy atom. The molecule has 7 heteroatoms. The van der Waals surface area contributed by atoms with Crippen molar-refractivity contribution in [2.24, 2.45) is 0 Å². The monoisotopic (exact) mass is 321 g/mol. The number of carboxylic acids is 1. The van der Waals surface area contributed by atoms with E-state index in [1.165, 1.54) is 19.3 Å². The number of carboxylic acid groups (broad SMARTS) is 1. The van der Waals surface area contributed by atoms with Crippen molar-refractivity contribution in [1.29, 1.82) is 0 Å². The van der Waals surface area contributed by atoms with Gasteiger partial charge in [-0.05, 0) is 18.4 Å². The fourth-order valence-electron chi connectivity index (χ4n) is 1.67. The van der Waals surface area contributed by atoms with Crippen LogP contribution in [0.3, 0.4) is 0 Å². The van der Waals surface area contributed by atoms with Gasteiger partial charge in [-0.1, -0.05) is 36.4 Å². The molecule has 0 saturated carbocycles. The summed E-state index contributed by atoms with van der Waals surface area (Å²) in [6.45, 7) is 0.0568. The molecule has 0 aromatic heterocycles. The molecule has 0 aliphatic rings. The molecule has 0 bridgehead atoms. The Kier molecular flexibility index (Phi) is 7.91. The first-order valence-corrected chi connectivity index (χ1v) is 6.97. The van der Waals surface area contributed by atoms with Gasteiger partial charge in [0.15, 0.2) is 0 Å². The second-order valence-electron chi connectivity index (χ2n) is 4.60. The molecule has 0 heterocycles. The van der Waals surface area contributed by atoms with Gasteiger partial charge in [0, 0.05) is 6.08 Å². The number of esters is 1. The number of rotatable bonds is 8. The number of hydrogen-bond donors (Lipinski definition) is 2. The summed E-state index contributed by atoms with van der Waals surface area (Å²) in [7, 11) is 1.25. The molecule has 7 nitrogen and oxygen atoms in total. The molecule has 0 radical (unpaired) electrons. The quantitative estimate of drug-likeness (QED) is 0.560. The van der Waals surface area contributed by atoms with Gasteiger partial charge in [-0.2, -0.15) is 0 Å². The maximum absolute atomic E-state index is 11.6. The molecule has 1 atom stereocenters. The first-order valence-electron chi connectivity index (χ1n) is 6.97. The predicted octanol–water partition coefficient (Wildman–Crippen LogP) is 1.88. The fraction of sp³-hybridized carbons (Fsp3) is 0.312. The van der Waals surface area contributed by atoms with Crippen molar-refractivity contribution < 1.29 is 29.0 Å². The van der Waals surface area contributed by atoms with Crippen LogP contribution in [0.15, 0.2) is 42.5 Å². The summed E-state index contributed by atoms with van der Waals surface area (Å²) in [5.74, 6) is -1.69. The molecular weight excluding hydrogens is 302 g/mol. The van der Waals surface area contributed by atoms with Crippen molar-refractivity contribution in [3.8, 4) is 0 Å². The van der Waals surface area contributed by atoms with Crippen LogP contribution in [0.1, 0.15) is 18.4 Å². The van der Waals surface area contributed by atoms with E-state index in [2.05, 4.69) is 10.1 Å². The molecule has 23 heavy (non-hydrogen) atoms. The number of benzene rings is 1. The van der Waals surface area contributed by atoms with Gasteiger partial charge in [0.25, 0.3) is 0 Å². The number of ether oxygens (including phenoxy) is 2. The summed E-state index contributed by atoms with van der Waals surface area (Å²) >= 11 is 0. The van der Waals surface area contributed by atoms with Crippen molar-refractivity contribution in [3.63, 3.8) is 0 Å². The molecule has 1 rings (SSSR count). The number of nitrogens with one attached hydrogen (secondary N) is 1. The maximum atomic E-state index is 11.6. The number of carbonyl (C=O) groups is 3. The third-order valence-electron chi connectivity index (χ3n) is 2.88. The first-order chi connectivity index (χ1) is 11.0. The standard InChI is InChI=1S/C16H19NO6/c1-22-14(18)10-6-5-9-13(15(19)20)17-16(21)23-11-12-7-3-2-4-8-12/h2-4,6-8,10,13H,5,9,11H2,1H3,(H,17,21)(H,19,20)/b10-6+. The first kappa shape index (κ1) is 18.2. The summed E-state index contributed by atoms with van der Waals surface area (Å²) < 4.78 is 9.38. The minimum Gasteiger partial charge on any atom is -0.480 e. The summed E-state index contributed by atoms with van der Waals surface area (Å²) in [4.78, 5) is 33.6. The lowest BCUT2D eigenvalue weighted by Gasteiger charge is -2.13. The van der Waals surface area contributed by atoms with Crippen molar-refractivity contribution in [2.75, 3.05) is 7.11 Å².